The number of methoxy groups -OCH3 is 4. The first kappa shape index (κ1) is 35.7. The highest BCUT2D eigenvalue weighted by Gasteiger charge is 2.34. The van der Waals surface area contributed by atoms with Crippen LogP contribution in [0.1, 0.15) is 5.56 Å². The molecule has 0 saturated heterocycles. The van der Waals surface area contributed by atoms with Gasteiger partial charge in [-0.2, -0.15) is 25.3 Å². The lowest BCUT2D eigenvalue weighted by molar-refractivity contribution is 0.342. The Kier molecular flexibility index (Phi) is 8.79. The predicted molar refractivity (Wildman–Crippen MR) is 185 cm³/mol. The smallest absolute Gasteiger partial charge is 0.361 e. The van der Waals surface area contributed by atoms with Crippen LogP contribution in [-0.4, -0.2) is 77.0 Å². The van der Waals surface area contributed by atoms with Gasteiger partial charge in [0, 0.05) is 40.1 Å². The zero-order valence-electron chi connectivity index (χ0n) is 28.2. The van der Waals surface area contributed by atoms with E-state index in [0.717, 1.165) is 18.8 Å². The highest BCUT2D eigenvalue weighted by Crippen LogP contribution is 2.53. The van der Waals surface area contributed by atoms with Crippen molar-refractivity contribution in [3.8, 4) is 62.6 Å². The van der Waals surface area contributed by atoms with Crippen molar-refractivity contribution in [3.63, 3.8) is 0 Å². The van der Waals surface area contributed by atoms with Gasteiger partial charge >= 0.3 is 36.0 Å². The molecular weight excluding hydrogens is 735 g/mol. The highest BCUT2D eigenvalue weighted by molar-refractivity contribution is 7.86. The van der Waals surface area contributed by atoms with Crippen LogP contribution < -0.4 is 37.1 Å². The number of aromatic nitrogens is 1. The number of nitrogens with zero attached hydrogens (tertiary/aromatic N) is 1. The van der Waals surface area contributed by atoms with Crippen LogP contribution in [0.3, 0.4) is 0 Å². The van der Waals surface area contributed by atoms with Crippen LogP contribution in [0.2, 0.25) is 0 Å². The lowest BCUT2D eigenvalue weighted by Gasteiger charge is -2.25. The standard InChI is InChI=1S/C32H31NO15S3/c1-41-22-12-16(8-9-20(22)46-49(5,35)36)26-27-19-14-23(42-2)24(47-50(6,37)38)15-21(19)45-32(34)29(27)33-11-10-17-18(28(26)33)13-25(43-3)31(44-4)30(17)48-51(7,39)40/h8-9,12-15H,10-11H2,1-7H3. The van der Waals surface area contributed by atoms with Crippen LogP contribution in [-0.2, 0) is 43.3 Å². The third-order valence-electron chi connectivity index (χ3n) is 7.93. The van der Waals surface area contributed by atoms with Crippen molar-refractivity contribution in [2.75, 3.05) is 47.2 Å². The first-order chi connectivity index (χ1) is 23.9. The van der Waals surface area contributed by atoms with Gasteiger partial charge in [0.2, 0.25) is 5.75 Å². The second-order valence-corrected chi connectivity index (χ2v) is 16.2. The molecule has 5 aromatic rings. The average Bonchev–Trinajstić information content (AvgIpc) is 3.39. The first-order valence-corrected chi connectivity index (χ1v) is 20.2. The van der Waals surface area contributed by atoms with Crippen LogP contribution in [0.15, 0.2) is 45.6 Å². The van der Waals surface area contributed by atoms with Gasteiger partial charge in [0.05, 0.1) is 52.9 Å². The molecule has 0 N–H and O–H groups in total. The molecule has 0 bridgehead atoms. The molecule has 0 aliphatic carbocycles. The van der Waals surface area contributed by atoms with E-state index in [2.05, 4.69) is 0 Å². The van der Waals surface area contributed by atoms with E-state index < -0.39 is 36.0 Å². The van der Waals surface area contributed by atoms with Crippen LogP contribution in [0.4, 0.5) is 0 Å². The molecule has 3 aromatic carbocycles. The van der Waals surface area contributed by atoms with Crippen LogP contribution in [0.5, 0.6) is 40.2 Å². The van der Waals surface area contributed by atoms with E-state index in [1.807, 2.05) is 0 Å². The average molecular weight is 766 g/mol. The van der Waals surface area contributed by atoms with Crippen LogP contribution in [0, 0.1) is 0 Å². The van der Waals surface area contributed by atoms with Crippen molar-refractivity contribution in [1.29, 1.82) is 0 Å². The topological polar surface area (TPSA) is 202 Å². The van der Waals surface area contributed by atoms with Gasteiger partial charge < -0.3 is 40.5 Å². The van der Waals surface area contributed by atoms with Gasteiger partial charge in [-0.25, -0.2) is 4.79 Å². The highest BCUT2D eigenvalue weighted by atomic mass is 32.2. The molecule has 1 aliphatic heterocycles. The molecule has 0 saturated carbocycles. The summed E-state index contributed by atoms with van der Waals surface area (Å²) in [6, 6.07) is 8.76. The largest absolute Gasteiger partial charge is 0.493 e. The quantitative estimate of drug-likeness (QED) is 0.139. The zero-order valence-corrected chi connectivity index (χ0v) is 30.6. The molecule has 0 unspecified atom stereocenters. The van der Waals surface area contributed by atoms with Gasteiger partial charge in [0.25, 0.3) is 0 Å². The molecule has 272 valence electrons. The van der Waals surface area contributed by atoms with Crippen molar-refractivity contribution in [1.82, 2.24) is 4.57 Å². The molecule has 0 amide bonds. The maximum absolute atomic E-state index is 13.9. The summed E-state index contributed by atoms with van der Waals surface area (Å²) >= 11 is 0. The number of benzene rings is 3. The fourth-order valence-electron chi connectivity index (χ4n) is 6.21. The number of aryl methyl sites for hydroxylation is 1. The van der Waals surface area contributed by atoms with E-state index >= 15 is 0 Å². The van der Waals surface area contributed by atoms with Gasteiger partial charge in [-0.1, -0.05) is 6.07 Å². The third-order valence-corrected chi connectivity index (χ3v) is 9.37. The molecule has 0 spiro atoms. The normalized spacial score (nSPS) is 13.0. The maximum atomic E-state index is 13.9. The summed E-state index contributed by atoms with van der Waals surface area (Å²) in [4.78, 5) is 13.9. The van der Waals surface area contributed by atoms with E-state index in [-0.39, 0.29) is 64.3 Å². The second kappa shape index (κ2) is 12.6. The molecule has 0 fully saturated rings. The number of rotatable bonds is 11. The molecule has 19 heteroatoms. The summed E-state index contributed by atoms with van der Waals surface area (Å²) < 4.78 is 118. The predicted octanol–water partition coefficient (Wildman–Crippen LogP) is 3.69. The summed E-state index contributed by atoms with van der Waals surface area (Å²) in [5, 5.41) is 0.636. The Balaban J connectivity index is 1.82. The minimum absolute atomic E-state index is 0.00308. The number of ether oxygens (including phenoxy) is 4. The van der Waals surface area contributed by atoms with Gasteiger partial charge in [-0.05, 0) is 36.2 Å². The summed E-state index contributed by atoms with van der Waals surface area (Å²) in [6.45, 7) is 0.128. The minimum atomic E-state index is -4.08. The number of hydrogen-bond donors (Lipinski definition) is 0. The fourth-order valence-corrected chi connectivity index (χ4v) is 7.61. The number of hydrogen-bond acceptors (Lipinski definition) is 15. The van der Waals surface area contributed by atoms with Gasteiger partial charge in [0.1, 0.15) is 11.1 Å². The van der Waals surface area contributed by atoms with E-state index in [0.29, 0.717) is 38.7 Å². The number of fused-ring (bicyclic) bond motifs is 7. The Morgan fingerprint density at radius 2 is 1.27 bits per heavy atom. The van der Waals surface area contributed by atoms with Gasteiger partial charge in [-0.15, -0.1) is 0 Å². The van der Waals surface area contributed by atoms with Crippen molar-refractivity contribution >= 4 is 52.2 Å². The SMILES string of the molecule is COc1cc(-c2c3n(c4c(=O)oc5cc(OS(C)(=O)=O)c(OC)cc5c24)CCc2c-3cc(OC)c(OC)c2OS(C)(=O)=O)ccc1OS(C)(=O)=O. The summed E-state index contributed by atoms with van der Waals surface area (Å²) in [6.07, 6.45) is 2.79. The Hall–Kier alpha value is -5.14. The van der Waals surface area contributed by atoms with E-state index in [9.17, 15) is 30.0 Å². The minimum Gasteiger partial charge on any atom is -0.493 e. The summed E-state index contributed by atoms with van der Waals surface area (Å²) in [5.74, 6) is -0.250. The summed E-state index contributed by atoms with van der Waals surface area (Å²) in [7, 11) is -6.72. The monoisotopic (exact) mass is 765 g/mol. The molecule has 6 rings (SSSR count). The molecule has 2 aromatic heterocycles. The maximum Gasteiger partial charge on any atom is 0.361 e. The summed E-state index contributed by atoms with van der Waals surface area (Å²) in [5.41, 5.74) is 1.30. The Morgan fingerprint density at radius 1 is 0.667 bits per heavy atom. The van der Waals surface area contributed by atoms with E-state index in [1.54, 1.807) is 16.7 Å². The van der Waals surface area contributed by atoms with Gasteiger partial charge in [0.15, 0.2) is 34.5 Å². The van der Waals surface area contributed by atoms with Crippen molar-refractivity contribution in [2.45, 2.75) is 13.0 Å². The molecular formula is C32H31NO15S3. The van der Waals surface area contributed by atoms with E-state index in [1.165, 1.54) is 52.7 Å². The Labute approximate surface area is 292 Å². The zero-order chi connectivity index (χ0) is 37.2. The molecule has 1 aliphatic rings. The van der Waals surface area contributed by atoms with Crippen LogP contribution in [0.25, 0.3) is 44.3 Å². The Morgan fingerprint density at radius 3 is 1.86 bits per heavy atom. The molecule has 3 heterocycles. The van der Waals surface area contributed by atoms with Crippen LogP contribution >= 0.6 is 0 Å². The second-order valence-electron chi connectivity index (χ2n) is 11.4. The lowest BCUT2D eigenvalue weighted by Crippen LogP contribution is -2.17. The van der Waals surface area contributed by atoms with E-state index in [4.69, 9.17) is 35.9 Å². The third kappa shape index (κ3) is 6.59. The van der Waals surface area contributed by atoms with Gasteiger partial charge in [-0.3, -0.25) is 0 Å². The molecule has 16 nitrogen and oxygen atoms in total. The van der Waals surface area contributed by atoms with Crippen molar-refractivity contribution in [3.05, 3.63) is 52.4 Å². The molecule has 0 radical (unpaired) electrons. The molecule has 51 heavy (non-hydrogen) atoms. The fraction of sp³-hybridized carbons (Fsp3) is 0.281. The van der Waals surface area contributed by atoms with Crippen molar-refractivity contribution < 1.29 is 61.2 Å². The lowest BCUT2D eigenvalue weighted by atomic mass is 9.91. The van der Waals surface area contributed by atoms with Crippen molar-refractivity contribution in [2.24, 2.45) is 0 Å². The first-order valence-electron chi connectivity index (χ1n) is 14.7. The Bertz CT molecular complexity index is 2660. The molecule has 0 atom stereocenters.